The van der Waals surface area contributed by atoms with Crippen LogP contribution in [0.25, 0.3) is 0 Å². The minimum absolute atomic E-state index is 0.0140. The predicted molar refractivity (Wildman–Crippen MR) is 120 cm³/mol. The van der Waals surface area contributed by atoms with Crippen LogP contribution in [0.3, 0.4) is 0 Å². The highest BCUT2D eigenvalue weighted by Gasteiger charge is 2.46. The van der Waals surface area contributed by atoms with Gasteiger partial charge in [0.2, 0.25) is 0 Å². The molecule has 0 aromatic carbocycles. The number of piperidine rings is 1. The van der Waals surface area contributed by atoms with Gasteiger partial charge in [0.25, 0.3) is 0 Å². The number of morpholine rings is 1. The van der Waals surface area contributed by atoms with Crippen molar-refractivity contribution >= 4 is 0 Å². The van der Waals surface area contributed by atoms with Crippen LogP contribution in [0.2, 0.25) is 0 Å². The molecule has 4 atom stereocenters. The van der Waals surface area contributed by atoms with Crippen molar-refractivity contribution in [2.24, 2.45) is 11.8 Å². The van der Waals surface area contributed by atoms with E-state index in [9.17, 15) is 0 Å². The highest BCUT2D eigenvalue weighted by molar-refractivity contribution is 5.04. The smallest absolute Gasteiger partial charge is 0.0994 e. The topological polar surface area (TPSA) is 52.2 Å². The summed E-state index contributed by atoms with van der Waals surface area (Å²) in [6, 6.07) is 0.324. The zero-order chi connectivity index (χ0) is 20.9. The third-order valence-electron chi connectivity index (χ3n) is 8.82. The summed E-state index contributed by atoms with van der Waals surface area (Å²) in [4.78, 5) is 2.52. The zero-order valence-corrected chi connectivity index (χ0v) is 19.4. The third kappa shape index (κ3) is 5.47. The Kier molecular flexibility index (Phi) is 7.85. The molecule has 2 unspecified atom stereocenters. The molecule has 0 aromatic heterocycles. The number of hydrogen-bond acceptors (Lipinski definition) is 6. The van der Waals surface area contributed by atoms with E-state index in [-0.39, 0.29) is 5.54 Å². The quantitative estimate of drug-likeness (QED) is 0.629. The van der Waals surface area contributed by atoms with E-state index in [1.165, 1.54) is 64.2 Å². The monoisotopic (exact) mass is 436 g/mol. The van der Waals surface area contributed by atoms with Crippen molar-refractivity contribution in [2.75, 3.05) is 52.9 Å². The molecule has 6 fully saturated rings. The fraction of sp³-hybridized carbons (Fsp3) is 1.00. The van der Waals surface area contributed by atoms with Crippen molar-refractivity contribution in [1.29, 1.82) is 0 Å². The SMILES string of the molecule is C1COCN2CCC[C@]3(COCCN3)[C@H]2COC2CCC(CC2)C2CCCC(C2)OC1. The fourth-order valence-electron chi connectivity index (χ4n) is 7.05. The largest absolute Gasteiger partial charge is 0.378 e. The first kappa shape index (κ1) is 22.5. The van der Waals surface area contributed by atoms with E-state index in [0.717, 1.165) is 64.4 Å². The van der Waals surface area contributed by atoms with E-state index in [0.29, 0.717) is 25.0 Å². The Morgan fingerprint density at radius 2 is 1.71 bits per heavy atom. The fourth-order valence-corrected chi connectivity index (χ4v) is 7.05. The molecule has 4 saturated heterocycles. The van der Waals surface area contributed by atoms with Crippen LogP contribution in [0.1, 0.15) is 70.6 Å². The van der Waals surface area contributed by atoms with Crippen molar-refractivity contribution in [2.45, 2.75) is 94.4 Å². The second-order valence-corrected chi connectivity index (χ2v) is 10.7. The van der Waals surface area contributed by atoms with Crippen molar-refractivity contribution in [1.82, 2.24) is 10.2 Å². The van der Waals surface area contributed by atoms with Gasteiger partial charge in [0.05, 0.1) is 56.9 Å². The molecule has 0 radical (unpaired) electrons. The van der Waals surface area contributed by atoms with Gasteiger partial charge in [-0.1, -0.05) is 6.42 Å². The molecule has 0 amide bonds. The standard InChI is InChI=1S/C25H44N2O4/c1-4-21-16-23(5-1)30-14-3-13-29-19-27-12-2-10-25(18-28-15-11-26-25)24(27)17-31-22-8-6-20(21)7-9-22/h20-24,26H,1-19H2/t20?,21?,22?,23?,24-,25+/m1/s1. The Morgan fingerprint density at radius 3 is 2.58 bits per heavy atom. The van der Waals surface area contributed by atoms with Crippen LogP contribution < -0.4 is 5.32 Å². The molecule has 6 nitrogen and oxygen atoms in total. The number of ether oxygens (including phenoxy) is 4. The lowest BCUT2D eigenvalue weighted by molar-refractivity contribution is -0.118. The summed E-state index contributed by atoms with van der Waals surface area (Å²) in [5, 5.41) is 3.84. The van der Waals surface area contributed by atoms with Gasteiger partial charge in [-0.15, -0.1) is 0 Å². The Labute approximate surface area is 188 Å². The molecule has 6 heteroatoms. The first-order valence-electron chi connectivity index (χ1n) is 13.2. The average Bonchev–Trinajstić information content (AvgIpc) is 2.82. The van der Waals surface area contributed by atoms with Crippen LogP contribution in [0.5, 0.6) is 0 Å². The summed E-state index contributed by atoms with van der Waals surface area (Å²) in [6.45, 7) is 6.75. The van der Waals surface area contributed by atoms with Gasteiger partial charge >= 0.3 is 0 Å². The van der Waals surface area contributed by atoms with Gasteiger partial charge in [0.1, 0.15) is 0 Å². The van der Waals surface area contributed by atoms with Gasteiger partial charge < -0.3 is 24.3 Å². The van der Waals surface area contributed by atoms with Crippen LogP contribution in [0.4, 0.5) is 0 Å². The molecule has 31 heavy (non-hydrogen) atoms. The third-order valence-corrected chi connectivity index (χ3v) is 8.82. The summed E-state index contributed by atoms with van der Waals surface area (Å²) in [7, 11) is 0. The summed E-state index contributed by atoms with van der Waals surface area (Å²) in [5.74, 6) is 1.75. The second-order valence-electron chi connectivity index (χ2n) is 10.7. The molecule has 4 bridgehead atoms. The maximum Gasteiger partial charge on any atom is 0.0994 e. The molecule has 4 aliphatic heterocycles. The summed E-state index contributed by atoms with van der Waals surface area (Å²) >= 11 is 0. The van der Waals surface area contributed by atoms with Crippen LogP contribution in [-0.4, -0.2) is 81.5 Å². The first-order valence-corrected chi connectivity index (χ1v) is 13.2. The van der Waals surface area contributed by atoms with Crippen molar-refractivity contribution in [3.05, 3.63) is 0 Å². The second kappa shape index (κ2) is 10.8. The van der Waals surface area contributed by atoms with E-state index in [1.54, 1.807) is 0 Å². The van der Waals surface area contributed by atoms with E-state index < -0.39 is 0 Å². The molecule has 6 aliphatic rings. The van der Waals surface area contributed by atoms with E-state index >= 15 is 0 Å². The molecule has 178 valence electrons. The Hall–Kier alpha value is -0.240. The van der Waals surface area contributed by atoms with Gasteiger partial charge in [-0.3, -0.25) is 4.90 Å². The lowest BCUT2D eigenvalue weighted by atomic mass is 9.72. The number of nitrogens with zero attached hydrogens (tertiary/aromatic N) is 1. The Balaban J connectivity index is 1.27. The average molecular weight is 437 g/mol. The molecule has 1 N–H and O–H groups in total. The maximum atomic E-state index is 6.64. The van der Waals surface area contributed by atoms with Crippen LogP contribution in [0, 0.1) is 11.8 Å². The lowest BCUT2D eigenvalue weighted by Crippen LogP contribution is -2.70. The van der Waals surface area contributed by atoms with Crippen molar-refractivity contribution in [3.8, 4) is 0 Å². The lowest BCUT2D eigenvalue weighted by Gasteiger charge is -2.52. The summed E-state index contributed by atoms with van der Waals surface area (Å²) in [6.07, 6.45) is 14.7. The first-order chi connectivity index (χ1) is 15.3. The van der Waals surface area contributed by atoms with Crippen LogP contribution in [-0.2, 0) is 18.9 Å². The summed E-state index contributed by atoms with van der Waals surface area (Å²) < 4.78 is 25.0. The number of nitrogens with one attached hydrogen (secondary N) is 1. The van der Waals surface area contributed by atoms with Gasteiger partial charge in [-0.25, -0.2) is 0 Å². The molecular weight excluding hydrogens is 392 g/mol. The van der Waals surface area contributed by atoms with Crippen molar-refractivity contribution in [3.63, 3.8) is 0 Å². The normalized spacial score (nSPS) is 43.9. The van der Waals surface area contributed by atoms with Gasteiger partial charge in [-0.05, 0) is 76.0 Å². The van der Waals surface area contributed by atoms with E-state index in [1.807, 2.05) is 0 Å². The highest BCUT2D eigenvalue weighted by Crippen LogP contribution is 2.40. The number of fused-ring (bicyclic) bond motifs is 8. The number of hydrogen-bond donors (Lipinski definition) is 1. The molecule has 4 heterocycles. The van der Waals surface area contributed by atoms with Gasteiger partial charge in [-0.2, -0.15) is 0 Å². The summed E-state index contributed by atoms with van der Waals surface area (Å²) in [5.41, 5.74) is 0.0140. The zero-order valence-electron chi connectivity index (χ0n) is 19.4. The highest BCUT2D eigenvalue weighted by atomic mass is 16.5. The molecule has 2 saturated carbocycles. The van der Waals surface area contributed by atoms with Crippen LogP contribution in [0.15, 0.2) is 0 Å². The van der Waals surface area contributed by atoms with E-state index in [2.05, 4.69) is 10.2 Å². The van der Waals surface area contributed by atoms with E-state index in [4.69, 9.17) is 18.9 Å². The van der Waals surface area contributed by atoms with Crippen LogP contribution >= 0.6 is 0 Å². The molecular formula is C25H44N2O4. The number of rotatable bonds is 0. The molecule has 0 aromatic rings. The van der Waals surface area contributed by atoms with Crippen molar-refractivity contribution < 1.29 is 18.9 Å². The Morgan fingerprint density at radius 1 is 0.774 bits per heavy atom. The van der Waals surface area contributed by atoms with Gasteiger partial charge in [0, 0.05) is 19.7 Å². The maximum absolute atomic E-state index is 6.64. The molecule has 2 aliphatic carbocycles. The molecule has 6 rings (SSSR count). The molecule has 1 spiro atoms. The van der Waals surface area contributed by atoms with Gasteiger partial charge in [0.15, 0.2) is 0 Å². The minimum atomic E-state index is 0.0140. The predicted octanol–water partition coefficient (Wildman–Crippen LogP) is 3.34. The Bertz CT molecular complexity index is 542. The minimum Gasteiger partial charge on any atom is -0.378 e.